The molecule has 1 amide bonds. The Bertz CT molecular complexity index is 722. The van der Waals surface area contributed by atoms with Crippen LogP contribution in [0.3, 0.4) is 0 Å². The molecule has 1 saturated heterocycles. The molecule has 3 rings (SSSR count). The smallest absolute Gasteiger partial charge is 0.253 e. The van der Waals surface area contributed by atoms with E-state index in [1.165, 1.54) is 0 Å². The Hall–Kier alpha value is -1.79. The Kier molecular flexibility index (Phi) is 5.72. The van der Waals surface area contributed by atoms with Gasteiger partial charge >= 0.3 is 0 Å². The van der Waals surface area contributed by atoms with Crippen LogP contribution in [-0.2, 0) is 0 Å². The molecule has 0 spiro atoms. The molecule has 1 fully saturated rings. The molecule has 24 heavy (non-hydrogen) atoms. The summed E-state index contributed by atoms with van der Waals surface area (Å²) in [6, 6.07) is 3.96. The third-order valence-electron chi connectivity index (χ3n) is 4.66. The summed E-state index contributed by atoms with van der Waals surface area (Å²) in [5, 5.41) is 10.6. The average Bonchev–Trinajstić information content (AvgIpc) is 3.05. The van der Waals surface area contributed by atoms with Crippen molar-refractivity contribution in [2.75, 3.05) is 13.1 Å². The average molecular weight is 353 g/mol. The van der Waals surface area contributed by atoms with Crippen molar-refractivity contribution < 1.29 is 9.32 Å². The molecule has 132 valence electrons. The van der Waals surface area contributed by atoms with E-state index < -0.39 is 0 Å². The summed E-state index contributed by atoms with van der Waals surface area (Å²) in [6.45, 7) is 9.80. The van der Waals surface area contributed by atoms with E-state index in [0.29, 0.717) is 17.3 Å². The van der Waals surface area contributed by atoms with E-state index in [0.717, 1.165) is 36.7 Å². The van der Waals surface area contributed by atoms with Crippen LogP contribution in [0.25, 0.3) is 5.82 Å². The Labute approximate surface area is 148 Å². The fourth-order valence-corrected chi connectivity index (χ4v) is 3.23. The van der Waals surface area contributed by atoms with E-state index in [4.69, 9.17) is 4.52 Å². The molecular weight excluding hydrogens is 328 g/mol. The van der Waals surface area contributed by atoms with Crippen LogP contribution in [0, 0.1) is 26.7 Å². The van der Waals surface area contributed by atoms with Gasteiger partial charge in [-0.25, -0.2) is 0 Å². The van der Waals surface area contributed by atoms with Gasteiger partial charge in [0.15, 0.2) is 5.82 Å². The van der Waals surface area contributed by atoms with Crippen LogP contribution < -0.4 is 10.6 Å². The molecule has 0 aromatic carbocycles. The standard InChI is InChI=1S/C17H24N4O2.ClH/c1-10-5-6-18-9-15(10)19-17(22)14-7-11(2)21(13(14)4)16-8-12(3)23-20-16;/h7-8,10,15,18H,5-6,9H2,1-4H3,(H,19,22);1H. The fraction of sp³-hybridized carbons (Fsp3) is 0.529. The van der Waals surface area contributed by atoms with E-state index in [2.05, 4.69) is 22.7 Å². The summed E-state index contributed by atoms with van der Waals surface area (Å²) in [5.41, 5.74) is 2.54. The topological polar surface area (TPSA) is 72.1 Å². The second kappa shape index (κ2) is 7.40. The molecule has 6 nitrogen and oxygen atoms in total. The van der Waals surface area contributed by atoms with E-state index >= 15 is 0 Å². The number of aryl methyl sites for hydroxylation is 2. The summed E-state index contributed by atoms with van der Waals surface area (Å²) >= 11 is 0. The van der Waals surface area contributed by atoms with E-state index in [9.17, 15) is 4.79 Å². The Morgan fingerprint density at radius 2 is 2.12 bits per heavy atom. The van der Waals surface area contributed by atoms with Gasteiger partial charge in [-0.3, -0.25) is 9.36 Å². The first kappa shape index (κ1) is 18.5. The van der Waals surface area contributed by atoms with Gasteiger partial charge in [-0.2, -0.15) is 0 Å². The Morgan fingerprint density at radius 3 is 2.75 bits per heavy atom. The number of piperidine rings is 1. The molecule has 7 heteroatoms. The summed E-state index contributed by atoms with van der Waals surface area (Å²) in [6.07, 6.45) is 1.09. The van der Waals surface area contributed by atoms with Crippen molar-refractivity contribution in [2.45, 2.75) is 40.2 Å². The molecule has 0 bridgehead atoms. The predicted octanol–water partition coefficient (Wildman–Crippen LogP) is 2.54. The molecule has 3 heterocycles. The molecule has 2 atom stereocenters. The van der Waals surface area contributed by atoms with Gasteiger partial charge in [-0.1, -0.05) is 12.1 Å². The number of halogens is 1. The first-order valence-electron chi connectivity index (χ1n) is 8.11. The Morgan fingerprint density at radius 1 is 1.38 bits per heavy atom. The lowest BCUT2D eigenvalue weighted by Crippen LogP contribution is -2.50. The van der Waals surface area contributed by atoms with Crippen LogP contribution >= 0.6 is 12.4 Å². The molecule has 2 unspecified atom stereocenters. The highest BCUT2D eigenvalue weighted by Crippen LogP contribution is 2.21. The molecule has 0 aliphatic carbocycles. The van der Waals surface area contributed by atoms with Crippen LogP contribution in [0.1, 0.15) is 40.9 Å². The third-order valence-corrected chi connectivity index (χ3v) is 4.66. The predicted molar refractivity (Wildman–Crippen MR) is 95.2 cm³/mol. The minimum atomic E-state index is -0.0230. The van der Waals surface area contributed by atoms with Crippen molar-refractivity contribution in [3.63, 3.8) is 0 Å². The number of carbonyl (C=O) groups excluding carboxylic acids is 1. The van der Waals surface area contributed by atoms with E-state index in [1.54, 1.807) is 0 Å². The summed E-state index contributed by atoms with van der Waals surface area (Å²) in [4.78, 5) is 12.7. The lowest BCUT2D eigenvalue weighted by molar-refractivity contribution is 0.0914. The third kappa shape index (κ3) is 3.49. The van der Waals surface area contributed by atoms with Gasteiger partial charge in [0.1, 0.15) is 5.76 Å². The van der Waals surface area contributed by atoms with E-state index in [-0.39, 0.29) is 24.4 Å². The number of nitrogens with one attached hydrogen (secondary N) is 2. The number of nitrogens with zero attached hydrogens (tertiary/aromatic N) is 2. The zero-order chi connectivity index (χ0) is 16.6. The van der Waals surface area contributed by atoms with Crippen LogP contribution in [0.5, 0.6) is 0 Å². The lowest BCUT2D eigenvalue weighted by atomic mass is 9.94. The van der Waals surface area contributed by atoms with Crippen molar-refractivity contribution in [3.8, 4) is 5.82 Å². The molecule has 1 aliphatic heterocycles. The monoisotopic (exact) mass is 352 g/mol. The SMILES string of the molecule is Cc1cc(-n2c(C)cc(C(=O)NC3CNCCC3C)c2C)no1.Cl. The van der Waals surface area contributed by atoms with Gasteiger partial charge in [0.05, 0.1) is 5.56 Å². The molecule has 2 aromatic rings. The van der Waals surface area contributed by atoms with Gasteiger partial charge in [0, 0.05) is 30.0 Å². The molecule has 1 aliphatic rings. The first-order chi connectivity index (χ1) is 11.0. The van der Waals surface area contributed by atoms with Gasteiger partial charge in [-0.05, 0) is 45.7 Å². The van der Waals surface area contributed by atoms with Crippen molar-refractivity contribution in [3.05, 3.63) is 34.8 Å². The molecule has 0 radical (unpaired) electrons. The van der Waals surface area contributed by atoms with Crippen molar-refractivity contribution in [1.29, 1.82) is 0 Å². The largest absolute Gasteiger partial charge is 0.360 e. The summed E-state index contributed by atoms with van der Waals surface area (Å²) in [7, 11) is 0. The highest BCUT2D eigenvalue weighted by molar-refractivity contribution is 5.96. The zero-order valence-corrected chi connectivity index (χ0v) is 15.4. The zero-order valence-electron chi connectivity index (χ0n) is 14.5. The van der Waals surface area contributed by atoms with Gasteiger partial charge < -0.3 is 15.2 Å². The van der Waals surface area contributed by atoms with Crippen molar-refractivity contribution in [1.82, 2.24) is 20.4 Å². The lowest BCUT2D eigenvalue weighted by Gasteiger charge is -2.30. The maximum absolute atomic E-state index is 12.7. The minimum Gasteiger partial charge on any atom is -0.360 e. The van der Waals surface area contributed by atoms with Crippen LogP contribution in [0.15, 0.2) is 16.7 Å². The van der Waals surface area contributed by atoms with Crippen LogP contribution in [0.2, 0.25) is 0 Å². The Balaban J connectivity index is 0.00000208. The minimum absolute atomic E-state index is 0. The number of carbonyl (C=O) groups is 1. The molecule has 2 aromatic heterocycles. The molecule has 0 saturated carbocycles. The van der Waals surface area contributed by atoms with Crippen molar-refractivity contribution in [2.24, 2.45) is 5.92 Å². The summed E-state index contributed by atoms with van der Waals surface area (Å²) in [5.74, 6) is 1.93. The van der Waals surface area contributed by atoms with Crippen LogP contribution in [-0.4, -0.2) is 34.8 Å². The number of hydrogen-bond donors (Lipinski definition) is 2. The number of aromatic nitrogens is 2. The quantitative estimate of drug-likeness (QED) is 0.890. The fourth-order valence-electron chi connectivity index (χ4n) is 3.23. The van der Waals surface area contributed by atoms with Gasteiger partial charge in [-0.15, -0.1) is 12.4 Å². The number of amides is 1. The van der Waals surface area contributed by atoms with E-state index in [1.807, 2.05) is 37.5 Å². The first-order valence-corrected chi connectivity index (χ1v) is 8.11. The van der Waals surface area contributed by atoms with Crippen LogP contribution in [0.4, 0.5) is 0 Å². The molecular formula is C17H25ClN4O2. The summed E-state index contributed by atoms with van der Waals surface area (Å²) < 4.78 is 7.11. The second-order valence-electron chi connectivity index (χ2n) is 6.47. The van der Waals surface area contributed by atoms with Crippen molar-refractivity contribution >= 4 is 18.3 Å². The molecule has 2 N–H and O–H groups in total. The maximum atomic E-state index is 12.7. The number of hydrogen-bond acceptors (Lipinski definition) is 4. The normalized spacial score (nSPS) is 20.5. The maximum Gasteiger partial charge on any atom is 0.253 e. The highest BCUT2D eigenvalue weighted by Gasteiger charge is 2.25. The van der Waals surface area contributed by atoms with Gasteiger partial charge in [0.25, 0.3) is 5.91 Å². The number of rotatable bonds is 3. The highest BCUT2D eigenvalue weighted by atomic mass is 35.5. The second-order valence-corrected chi connectivity index (χ2v) is 6.47. The van der Waals surface area contributed by atoms with Gasteiger partial charge in [0.2, 0.25) is 0 Å².